The molecule has 0 saturated carbocycles. The number of rotatable bonds is 50. The first-order chi connectivity index (χ1) is 36.0. The molecule has 0 aliphatic heterocycles. The van der Waals surface area contributed by atoms with Crippen molar-refractivity contribution in [3.63, 3.8) is 0 Å². The van der Waals surface area contributed by atoms with E-state index in [9.17, 15) is 14.4 Å². The van der Waals surface area contributed by atoms with Crippen molar-refractivity contribution in [2.24, 2.45) is 0 Å². The second-order valence-corrected chi connectivity index (χ2v) is 18.4. The van der Waals surface area contributed by atoms with E-state index >= 15 is 0 Å². The van der Waals surface area contributed by atoms with Crippen molar-refractivity contribution < 1.29 is 28.6 Å². The van der Waals surface area contributed by atoms with Crippen LogP contribution in [-0.2, 0) is 28.6 Å². The zero-order chi connectivity index (χ0) is 52.9. The molecule has 0 spiro atoms. The van der Waals surface area contributed by atoms with E-state index < -0.39 is 6.10 Å². The first-order valence-electron chi connectivity index (χ1n) is 29.0. The van der Waals surface area contributed by atoms with Crippen molar-refractivity contribution in [2.75, 3.05) is 13.2 Å². The Morgan fingerprint density at radius 3 is 0.890 bits per heavy atom. The minimum absolute atomic E-state index is 0.118. The van der Waals surface area contributed by atoms with Gasteiger partial charge in [0.2, 0.25) is 0 Å². The lowest BCUT2D eigenvalue weighted by molar-refractivity contribution is -0.167. The van der Waals surface area contributed by atoms with E-state index in [0.717, 1.165) is 122 Å². The minimum Gasteiger partial charge on any atom is -0.462 e. The summed E-state index contributed by atoms with van der Waals surface area (Å²) < 4.78 is 16.7. The van der Waals surface area contributed by atoms with Crippen LogP contribution in [0.1, 0.15) is 226 Å². The average molecular weight is 1010 g/mol. The molecule has 408 valence electrons. The van der Waals surface area contributed by atoms with Crippen LogP contribution in [0.2, 0.25) is 0 Å². The lowest BCUT2D eigenvalue weighted by atomic mass is 10.1. The molecule has 0 rings (SSSR count). The highest BCUT2D eigenvalue weighted by molar-refractivity contribution is 5.71. The first kappa shape index (κ1) is 68.0. The third-order valence-electron chi connectivity index (χ3n) is 11.5. The van der Waals surface area contributed by atoms with E-state index in [2.05, 4.69) is 179 Å². The number of unbranched alkanes of at least 4 members (excludes halogenated alkanes) is 13. The molecular weight excluding hydrogens is 901 g/mol. The molecule has 0 aromatic carbocycles. The Bertz CT molecular complexity index is 1670. The minimum atomic E-state index is -0.828. The van der Waals surface area contributed by atoms with E-state index in [0.29, 0.717) is 19.3 Å². The standard InChI is InChI=1S/C67H104O6/c1-4-7-10-13-16-19-22-24-26-27-28-29-30-31-32-33-34-35-36-37-38-39-41-42-45-48-51-54-57-60-66(69)72-63-64(62-71-65(68)59-56-53-50-47-44-21-18-15-12-9-6-3)73-67(70)61-58-55-52-49-46-43-40-25-23-20-17-14-11-8-5-2/h7-8,10-11,16-17,19-20,24-26,28-29,31-32,34-35,37-38,40-42,46,48-49,51,64H,4-6,9,12-15,18,21-23,27,30,33,36,39,43-45,47,50,52-63H2,1-3H3/b10-7-,11-8-,19-16-,20-17-,26-24-,29-28-,32-31-,35-34-,38-37-,40-25-,42-41-,49-46-,51-48-. The molecule has 0 heterocycles. The van der Waals surface area contributed by atoms with Gasteiger partial charge in [-0.2, -0.15) is 0 Å². The van der Waals surface area contributed by atoms with Gasteiger partial charge in [-0.1, -0.05) is 243 Å². The average Bonchev–Trinajstić information content (AvgIpc) is 3.39. The van der Waals surface area contributed by atoms with E-state index in [1.54, 1.807) is 0 Å². The van der Waals surface area contributed by atoms with Gasteiger partial charge in [0, 0.05) is 19.3 Å². The molecule has 1 atom stereocenters. The summed E-state index contributed by atoms with van der Waals surface area (Å²) in [5.41, 5.74) is 0. The number of hydrogen-bond donors (Lipinski definition) is 0. The van der Waals surface area contributed by atoms with Gasteiger partial charge >= 0.3 is 17.9 Å². The van der Waals surface area contributed by atoms with Gasteiger partial charge in [-0.3, -0.25) is 14.4 Å². The summed E-state index contributed by atoms with van der Waals surface area (Å²) in [7, 11) is 0. The molecule has 6 heteroatoms. The van der Waals surface area contributed by atoms with Crippen molar-refractivity contribution in [2.45, 2.75) is 232 Å². The number of ether oxygens (including phenoxy) is 3. The third-order valence-corrected chi connectivity index (χ3v) is 11.5. The lowest BCUT2D eigenvalue weighted by Crippen LogP contribution is -2.30. The lowest BCUT2D eigenvalue weighted by Gasteiger charge is -2.18. The molecule has 0 radical (unpaired) electrons. The van der Waals surface area contributed by atoms with Gasteiger partial charge < -0.3 is 14.2 Å². The first-order valence-corrected chi connectivity index (χ1v) is 29.0. The molecule has 0 bridgehead atoms. The Morgan fingerprint density at radius 1 is 0.288 bits per heavy atom. The highest BCUT2D eigenvalue weighted by Crippen LogP contribution is 2.13. The van der Waals surface area contributed by atoms with Crippen LogP contribution < -0.4 is 0 Å². The normalized spacial score (nSPS) is 13.3. The summed E-state index contributed by atoms with van der Waals surface area (Å²) in [6.07, 6.45) is 86.8. The highest BCUT2D eigenvalue weighted by atomic mass is 16.6. The molecule has 0 fully saturated rings. The van der Waals surface area contributed by atoms with Gasteiger partial charge in [0.25, 0.3) is 0 Å². The van der Waals surface area contributed by atoms with E-state index in [4.69, 9.17) is 14.2 Å². The second-order valence-electron chi connectivity index (χ2n) is 18.4. The van der Waals surface area contributed by atoms with Gasteiger partial charge in [-0.15, -0.1) is 0 Å². The molecule has 0 amide bonds. The Kier molecular flexibility index (Phi) is 55.5. The SMILES string of the molecule is CC/C=C\C/C=C\C/C=C\C/C=C\C/C=C\C/C=C\C/C=C\C/C=C\C/C=C\CCCC(=O)OCC(COC(=O)CCCCCCCCCCCCC)OC(=O)CCCC/C=C\C/C=C\C/C=C\C/C=C\CC. The zero-order valence-corrected chi connectivity index (χ0v) is 46.6. The predicted octanol–water partition coefficient (Wildman–Crippen LogP) is 19.8. The number of esters is 3. The quantitative estimate of drug-likeness (QED) is 0.0261. The van der Waals surface area contributed by atoms with Crippen molar-refractivity contribution in [3.8, 4) is 0 Å². The van der Waals surface area contributed by atoms with E-state index in [1.165, 1.54) is 51.4 Å². The summed E-state index contributed by atoms with van der Waals surface area (Å²) >= 11 is 0. The fourth-order valence-corrected chi connectivity index (χ4v) is 7.26. The van der Waals surface area contributed by atoms with Crippen LogP contribution >= 0.6 is 0 Å². The topological polar surface area (TPSA) is 78.9 Å². The molecular formula is C67H104O6. The molecule has 0 aliphatic carbocycles. The van der Waals surface area contributed by atoms with Crippen molar-refractivity contribution in [1.29, 1.82) is 0 Å². The predicted molar refractivity (Wildman–Crippen MR) is 315 cm³/mol. The van der Waals surface area contributed by atoms with Crippen LogP contribution in [-0.4, -0.2) is 37.2 Å². The highest BCUT2D eigenvalue weighted by Gasteiger charge is 2.19. The fourth-order valence-electron chi connectivity index (χ4n) is 7.26. The van der Waals surface area contributed by atoms with Gasteiger partial charge in [-0.25, -0.2) is 0 Å². The molecule has 0 aliphatic rings. The molecule has 6 nitrogen and oxygen atoms in total. The van der Waals surface area contributed by atoms with Crippen molar-refractivity contribution in [3.05, 3.63) is 158 Å². The van der Waals surface area contributed by atoms with Gasteiger partial charge in [0.1, 0.15) is 13.2 Å². The monoisotopic (exact) mass is 1000 g/mol. The number of carbonyl (C=O) groups is 3. The maximum atomic E-state index is 12.8. The smallest absolute Gasteiger partial charge is 0.306 e. The van der Waals surface area contributed by atoms with Crippen LogP contribution in [0.25, 0.3) is 0 Å². The molecule has 0 aromatic heterocycles. The largest absolute Gasteiger partial charge is 0.462 e. The summed E-state index contributed by atoms with van der Waals surface area (Å²) in [4.78, 5) is 38.0. The van der Waals surface area contributed by atoms with Crippen LogP contribution in [0, 0.1) is 0 Å². The van der Waals surface area contributed by atoms with Crippen LogP contribution in [0.5, 0.6) is 0 Å². The number of carbonyl (C=O) groups excluding carboxylic acids is 3. The van der Waals surface area contributed by atoms with E-state index in [-0.39, 0.29) is 44.0 Å². The Morgan fingerprint density at radius 2 is 0.548 bits per heavy atom. The molecule has 1 unspecified atom stereocenters. The van der Waals surface area contributed by atoms with Crippen LogP contribution in [0.15, 0.2) is 158 Å². The summed E-state index contributed by atoms with van der Waals surface area (Å²) in [6.45, 7) is 6.30. The van der Waals surface area contributed by atoms with Gasteiger partial charge in [-0.05, 0) is 122 Å². The second kappa shape index (κ2) is 59.6. The third kappa shape index (κ3) is 57.8. The maximum absolute atomic E-state index is 12.8. The van der Waals surface area contributed by atoms with Crippen LogP contribution in [0.4, 0.5) is 0 Å². The Balaban J connectivity index is 4.46. The zero-order valence-electron chi connectivity index (χ0n) is 46.6. The maximum Gasteiger partial charge on any atom is 0.306 e. The van der Waals surface area contributed by atoms with Crippen LogP contribution in [0.3, 0.4) is 0 Å². The number of allylic oxidation sites excluding steroid dienone is 26. The van der Waals surface area contributed by atoms with Gasteiger partial charge in [0.15, 0.2) is 6.10 Å². The van der Waals surface area contributed by atoms with Gasteiger partial charge in [0.05, 0.1) is 0 Å². The van der Waals surface area contributed by atoms with Crippen molar-refractivity contribution in [1.82, 2.24) is 0 Å². The Labute approximate surface area is 448 Å². The summed E-state index contributed by atoms with van der Waals surface area (Å²) in [5.74, 6) is -1.03. The molecule has 0 N–H and O–H groups in total. The molecule has 73 heavy (non-hydrogen) atoms. The molecule has 0 saturated heterocycles. The molecule has 0 aromatic rings. The summed E-state index contributed by atoms with van der Waals surface area (Å²) in [6, 6.07) is 0. The summed E-state index contributed by atoms with van der Waals surface area (Å²) in [5, 5.41) is 0. The van der Waals surface area contributed by atoms with E-state index in [1.807, 2.05) is 0 Å². The Hall–Kier alpha value is -4.97. The fraction of sp³-hybridized carbons (Fsp3) is 0.567. The van der Waals surface area contributed by atoms with Crippen molar-refractivity contribution >= 4 is 17.9 Å². The number of hydrogen-bond acceptors (Lipinski definition) is 6.